The predicted octanol–water partition coefficient (Wildman–Crippen LogP) is 3.53. The summed E-state index contributed by atoms with van der Waals surface area (Å²) in [5.74, 6) is 0.328. The Bertz CT molecular complexity index is 453. The molecule has 0 aliphatic carbocycles. The number of phenols is 1. The van der Waals surface area contributed by atoms with Gasteiger partial charge in [-0.05, 0) is 70.7 Å². The minimum Gasteiger partial charge on any atom is -0.507 e. The molecule has 0 fully saturated rings. The summed E-state index contributed by atoms with van der Waals surface area (Å²) in [7, 11) is -1.06. The molecule has 17 heavy (non-hydrogen) atoms. The Morgan fingerprint density at radius 1 is 0.882 bits per heavy atom. The molecule has 0 saturated heterocycles. The number of aromatic hydroxyl groups is 1. The summed E-state index contributed by atoms with van der Waals surface area (Å²) in [4.78, 5) is 0.880. The first-order valence-corrected chi connectivity index (χ1v) is 6.95. The van der Waals surface area contributed by atoms with Crippen LogP contribution >= 0.6 is 0 Å². The fourth-order valence-corrected chi connectivity index (χ4v) is 3.32. The molecule has 1 unspecified atom stereocenters. The smallest absolute Gasteiger partial charge is 0.121 e. The zero-order valence-corrected chi connectivity index (χ0v) is 12.6. The van der Waals surface area contributed by atoms with Crippen molar-refractivity contribution >= 4 is 10.8 Å². The van der Waals surface area contributed by atoms with E-state index in [9.17, 15) is 9.32 Å². The van der Waals surface area contributed by atoms with Gasteiger partial charge in [-0.25, -0.2) is 0 Å². The highest BCUT2D eigenvalue weighted by Crippen LogP contribution is 2.35. The molecule has 2 nitrogen and oxygen atoms in total. The monoisotopic (exact) mass is 254 g/mol. The van der Waals surface area contributed by atoms with Crippen LogP contribution in [-0.2, 0) is 10.8 Å². The molecule has 0 spiro atoms. The molecule has 0 radical (unpaired) electrons. The number of benzene rings is 1. The molecule has 3 heteroatoms. The van der Waals surface area contributed by atoms with Gasteiger partial charge in [-0.15, -0.1) is 0 Å². The van der Waals surface area contributed by atoms with E-state index in [-0.39, 0.29) is 4.75 Å². The average molecular weight is 254 g/mol. The zero-order chi connectivity index (χ0) is 13.5. The van der Waals surface area contributed by atoms with E-state index in [0.717, 1.165) is 27.1 Å². The van der Waals surface area contributed by atoms with E-state index in [1.807, 2.05) is 48.5 Å². The van der Waals surface area contributed by atoms with Crippen LogP contribution in [0.3, 0.4) is 0 Å². The molecule has 1 rings (SSSR count). The molecule has 0 saturated carbocycles. The van der Waals surface area contributed by atoms with E-state index in [1.165, 1.54) is 0 Å². The topological polar surface area (TPSA) is 37.3 Å². The fraction of sp³-hybridized carbons (Fsp3) is 0.571. The Morgan fingerprint density at radius 2 is 1.24 bits per heavy atom. The molecule has 1 aromatic carbocycles. The van der Waals surface area contributed by atoms with Gasteiger partial charge in [0.2, 0.25) is 0 Å². The molecule has 0 aliphatic heterocycles. The van der Waals surface area contributed by atoms with Gasteiger partial charge in [-0.1, -0.05) is 0 Å². The second kappa shape index (κ2) is 4.45. The second-order valence-electron chi connectivity index (χ2n) is 5.56. The van der Waals surface area contributed by atoms with Crippen LogP contribution in [0, 0.1) is 27.7 Å². The minimum absolute atomic E-state index is 0.286. The lowest BCUT2D eigenvalue weighted by molar-refractivity contribution is 0.464. The van der Waals surface area contributed by atoms with Gasteiger partial charge in [0.15, 0.2) is 0 Å². The van der Waals surface area contributed by atoms with Crippen LogP contribution in [-0.4, -0.2) is 14.1 Å². The van der Waals surface area contributed by atoms with E-state index >= 15 is 0 Å². The quantitative estimate of drug-likeness (QED) is 0.832. The van der Waals surface area contributed by atoms with Crippen molar-refractivity contribution in [1.82, 2.24) is 0 Å². The Balaban J connectivity index is 3.62. The summed E-state index contributed by atoms with van der Waals surface area (Å²) in [5, 5.41) is 9.98. The Hall–Kier alpha value is -0.830. The number of rotatable bonds is 1. The van der Waals surface area contributed by atoms with Crippen LogP contribution in [0.25, 0.3) is 0 Å². The maximum Gasteiger partial charge on any atom is 0.121 e. The molecule has 0 bridgehead atoms. The maximum atomic E-state index is 12.6. The Morgan fingerprint density at radius 3 is 1.53 bits per heavy atom. The van der Waals surface area contributed by atoms with E-state index in [4.69, 9.17) is 0 Å². The largest absolute Gasteiger partial charge is 0.507 e. The van der Waals surface area contributed by atoms with E-state index in [1.54, 1.807) is 0 Å². The van der Waals surface area contributed by atoms with E-state index in [2.05, 4.69) is 0 Å². The van der Waals surface area contributed by atoms with Crippen LogP contribution in [0.15, 0.2) is 4.90 Å². The lowest BCUT2D eigenvalue weighted by Crippen LogP contribution is -2.23. The molecule has 0 heterocycles. The normalized spacial score (nSPS) is 13.8. The average Bonchev–Trinajstić information content (AvgIpc) is 2.22. The SMILES string of the molecule is Cc1c(C)c(S(=O)C(C)(C)C)c(C)c(C)c1O. The third-order valence-electron chi connectivity index (χ3n) is 3.26. The van der Waals surface area contributed by atoms with Crippen molar-refractivity contribution in [3.05, 3.63) is 22.3 Å². The van der Waals surface area contributed by atoms with Crippen LogP contribution in [0.4, 0.5) is 0 Å². The van der Waals surface area contributed by atoms with E-state index in [0.29, 0.717) is 5.75 Å². The highest BCUT2D eigenvalue weighted by atomic mass is 32.2. The first kappa shape index (κ1) is 14.2. The van der Waals surface area contributed by atoms with Crippen molar-refractivity contribution in [2.24, 2.45) is 0 Å². The molecule has 1 aromatic rings. The third kappa shape index (κ3) is 2.39. The zero-order valence-electron chi connectivity index (χ0n) is 11.8. The van der Waals surface area contributed by atoms with Crippen LogP contribution in [0.5, 0.6) is 5.75 Å². The molecular formula is C14H22O2S. The first-order chi connectivity index (χ1) is 7.59. The van der Waals surface area contributed by atoms with Crippen LogP contribution < -0.4 is 0 Å². The second-order valence-corrected chi connectivity index (χ2v) is 7.73. The van der Waals surface area contributed by atoms with Gasteiger partial charge in [0, 0.05) is 9.64 Å². The lowest BCUT2D eigenvalue weighted by atomic mass is 10.00. The van der Waals surface area contributed by atoms with Crippen molar-refractivity contribution in [2.45, 2.75) is 58.1 Å². The van der Waals surface area contributed by atoms with Gasteiger partial charge in [-0.2, -0.15) is 0 Å². The number of phenolic OH excluding ortho intramolecular Hbond substituents is 1. The van der Waals surface area contributed by atoms with Crippen molar-refractivity contribution in [3.8, 4) is 5.75 Å². The molecule has 1 atom stereocenters. The van der Waals surface area contributed by atoms with Gasteiger partial charge in [-0.3, -0.25) is 4.21 Å². The summed E-state index contributed by atoms with van der Waals surface area (Å²) >= 11 is 0. The number of hydrogen-bond donors (Lipinski definition) is 1. The van der Waals surface area contributed by atoms with Crippen molar-refractivity contribution < 1.29 is 9.32 Å². The summed E-state index contributed by atoms with van der Waals surface area (Å²) < 4.78 is 12.3. The Kier molecular flexibility index (Phi) is 3.72. The molecule has 0 amide bonds. The maximum absolute atomic E-state index is 12.6. The molecule has 1 N–H and O–H groups in total. The van der Waals surface area contributed by atoms with Crippen molar-refractivity contribution in [2.75, 3.05) is 0 Å². The summed E-state index contributed by atoms with van der Waals surface area (Å²) in [5.41, 5.74) is 3.55. The van der Waals surface area contributed by atoms with Crippen LogP contribution in [0.1, 0.15) is 43.0 Å². The predicted molar refractivity (Wildman–Crippen MR) is 73.2 cm³/mol. The van der Waals surface area contributed by atoms with Gasteiger partial charge < -0.3 is 5.11 Å². The highest BCUT2D eigenvalue weighted by Gasteiger charge is 2.26. The van der Waals surface area contributed by atoms with Gasteiger partial charge >= 0.3 is 0 Å². The minimum atomic E-state index is -1.06. The third-order valence-corrected chi connectivity index (χ3v) is 5.35. The van der Waals surface area contributed by atoms with Gasteiger partial charge in [0.1, 0.15) is 5.75 Å². The highest BCUT2D eigenvalue weighted by molar-refractivity contribution is 7.86. The fourth-order valence-electron chi connectivity index (χ4n) is 1.84. The Labute approximate surface area is 107 Å². The summed E-state index contributed by atoms with van der Waals surface area (Å²) in [6.45, 7) is 13.5. The molecule has 0 aliphatic rings. The molecule has 96 valence electrons. The molecular weight excluding hydrogens is 232 g/mol. The van der Waals surface area contributed by atoms with Gasteiger partial charge in [0.25, 0.3) is 0 Å². The standard InChI is InChI=1S/C14H22O2S/c1-8-10(3)13(17(16)14(5,6)7)11(4)9(2)12(8)15/h15H,1-7H3. The number of hydrogen-bond acceptors (Lipinski definition) is 2. The van der Waals surface area contributed by atoms with Crippen molar-refractivity contribution in [1.29, 1.82) is 0 Å². The summed E-state index contributed by atoms with van der Waals surface area (Å²) in [6, 6.07) is 0. The van der Waals surface area contributed by atoms with Crippen molar-refractivity contribution in [3.63, 3.8) is 0 Å². The van der Waals surface area contributed by atoms with Gasteiger partial charge in [0.05, 0.1) is 10.8 Å². The van der Waals surface area contributed by atoms with E-state index < -0.39 is 10.8 Å². The molecule has 0 aromatic heterocycles. The first-order valence-electron chi connectivity index (χ1n) is 5.80. The van der Waals surface area contributed by atoms with Crippen LogP contribution in [0.2, 0.25) is 0 Å². The summed E-state index contributed by atoms with van der Waals surface area (Å²) in [6.07, 6.45) is 0. The lowest BCUT2D eigenvalue weighted by Gasteiger charge is -2.23.